The summed E-state index contributed by atoms with van der Waals surface area (Å²) in [5.74, 6) is -1.57. The second-order valence-corrected chi connectivity index (χ2v) is 5.78. The van der Waals surface area contributed by atoms with E-state index in [1.165, 1.54) is 0 Å². The van der Waals surface area contributed by atoms with Crippen molar-refractivity contribution < 1.29 is 20.0 Å². The summed E-state index contributed by atoms with van der Waals surface area (Å²) < 4.78 is 0. The molecule has 0 saturated heterocycles. The van der Waals surface area contributed by atoms with Gasteiger partial charge in [0.05, 0.1) is 18.9 Å². The van der Waals surface area contributed by atoms with E-state index in [4.69, 9.17) is 11.6 Å². The molecule has 6 heteroatoms. The van der Waals surface area contributed by atoms with Crippen LogP contribution in [-0.2, 0) is 9.59 Å². The van der Waals surface area contributed by atoms with Crippen LogP contribution < -0.4 is 15.7 Å². The Morgan fingerprint density at radius 1 is 1.36 bits per heavy atom. The highest BCUT2D eigenvalue weighted by Crippen LogP contribution is 2.20. The first-order chi connectivity index (χ1) is 10.4. The summed E-state index contributed by atoms with van der Waals surface area (Å²) in [4.78, 5) is 23.1. The molecule has 1 atom stereocenters. The zero-order valence-corrected chi connectivity index (χ0v) is 13.8. The number of nitrogens with two attached hydrogens (primary N) is 1. The summed E-state index contributed by atoms with van der Waals surface area (Å²) in [5, 5.41) is 16.0. The van der Waals surface area contributed by atoms with Gasteiger partial charge in [0.15, 0.2) is 0 Å². The number of carboxylic acids is 1. The van der Waals surface area contributed by atoms with Crippen LogP contribution in [0.25, 0.3) is 0 Å². The third kappa shape index (κ3) is 6.45. The lowest BCUT2D eigenvalue weighted by Crippen LogP contribution is -2.93. The number of unbranched alkanes of at least 4 members (excludes halogenated alkanes) is 2. The van der Waals surface area contributed by atoms with Crippen molar-refractivity contribution in [2.24, 2.45) is 0 Å². The monoisotopic (exact) mass is 326 g/mol. The number of benzene rings is 1. The van der Waals surface area contributed by atoms with E-state index in [1.807, 2.05) is 6.92 Å². The molecule has 1 aromatic rings. The lowest BCUT2D eigenvalue weighted by atomic mass is 10.1. The Morgan fingerprint density at radius 2 is 2.09 bits per heavy atom. The number of aliphatic carboxylic acids is 1. The predicted octanol–water partition coefficient (Wildman–Crippen LogP) is 0.849. The number of aryl methyl sites for hydroxylation is 1. The second-order valence-electron chi connectivity index (χ2n) is 5.37. The fourth-order valence-electron chi connectivity index (χ4n) is 2.06. The number of carbonyl (C=O) groups is 2. The third-order valence-corrected chi connectivity index (χ3v) is 3.83. The zero-order valence-electron chi connectivity index (χ0n) is 13.0. The molecule has 122 valence electrons. The Balaban J connectivity index is 2.52. The Hall–Kier alpha value is -1.59. The summed E-state index contributed by atoms with van der Waals surface area (Å²) in [7, 11) is 0. The molecule has 0 unspecified atom stereocenters. The van der Waals surface area contributed by atoms with Gasteiger partial charge in [0.25, 0.3) is 0 Å². The highest BCUT2D eigenvalue weighted by atomic mass is 35.5. The molecule has 0 aliphatic carbocycles. The number of anilines is 1. The quantitative estimate of drug-likeness (QED) is 0.660. The van der Waals surface area contributed by atoms with Crippen molar-refractivity contribution in [3.05, 3.63) is 28.8 Å². The third-order valence-electron chi connectivity index (χ3n) is 3.42. The number of quaternary nitrogens is 1. The van der Waals surface area contributed by atoms with Gasteiger partial charge < -0.3 is 20.5 Å². The van der Waals surface area contributed by atoms with Gasteiger partial charge in [0, 0.05) is 10.7 Å². The number of nitrogens with one attached hydrogen (secondary N) is 1. The highest BCUT2D eigenvalue weighted by Gasteiger charge is 2.18. The van der Waals surface area contributed by atoms with Crippen molar-refractivity contribution >= 4 is 29.2 Å². The van der Waals surface area contributed by atoms with Crippen molar-refractivity contribution in [2.45, 2.75) is 45.6 Å². The van der Waals surface area contributed by atoms with Gasteiger partial charge in [-0.15, -0.1) is 0 Å². The van der Waals surface area contributed by atoms with Crippen LogP contribution in [0.1, 0.15) is 38.2 Å². The van der Waals surface area contributed by atoms with Crippen molar-refractivity contribution in [3.8, 4) is 0 Å². The number of halogens is 1. The van der Waals surface area contributed by atoms with Crippen molar-refractivity contribution in [1.82, 2.24) is 0 Å². The van der Waals surface area contributed by atoms with Crippen LogP contribution in [0.3, 0.4) is 0 Å². The number of carboxylic acid groups (broad SMARTS) is 1. The molecule has 0 fully saturated rings. The molecular formula is C16H23ClN2O3. The van der Waals surface area contributed by atoms with Gasteiger partial charge in [-0.2, -0.15) is 0 Å². The van der Waals surface area contributed by atoms with E-state index < -0.39 is 12.0 Å². The normalized spacial score (nSPS) is 12.0. The lowest BCUT2D eigenvalue weighted by molar-refractivity contribution is -0.682. The summed E-state index contributed by atoms with van der Waals surface area (Å²) in [5.41, 5.74) is 1.47. The van der Waals surface area contributed by atoms with Gasteiger partial charge in [0.2, 0.25) is 5.91 Å². The van der Waals surface area contributed by atoms with Gasteiger partial charge in [-0.05, 0) is 37.5 Å². The number of rotatable bonds is 9. The topological polar surface area (TPSA) is 85.8 Å². The molecule has 0 saturated carbocycles. The van der Waals surface area contributed by atoms with E-state index in [1.54, 1.807) is 23.5 Å². The number of hydrogen-bond acceptors (Lipinski definition) is 3. The molecule has 0 spiro atoms. The largest absolute Gasteiger partial charge is 0.544 e. The Morgan fingerprint density at radius 3 is 2.68 bits per heavy atom. The van der Waals surface area contributed by atoms with Gasteiger partial charge >= 0.3 is 0 Å². The fraction of sp³-hybridized carbons (Fsp3) is 0.500. The van der Waals surface area contributed by atoms with Crippen LogP contribution in [-0.4, -0.2) is 24.5 Å². The van der Waals surface area contributed by atoms with Crippen LogP contribution >= 0.6 is 11.6 Å². The van der Waals surface area contributed by atoms with Crippen molar-refractivity contribution in [3.63, 3.8) is 0 Å². The fourth-order valence-corrected chi connectivity index (χ4v) is 2.24. The minimum Gasteiger partial charge on any atom is -0.544 e. The standard InChI is InChI=1S/C16H23ClN2O3/c1-3-4-5-8-18-14(16(21)22)10-15(20)19-12-7-6-11(2)13(17)9-12/h6-7,9,14,18H,3-5,8,10H2,1-2H3,(H,19,20)(H,21,22)/t14-/m1/s1. The molecule has 5 nitrogen and oxygen atoms in total. The minimum absolute atomic E-state index is 0.125. The number of amides is 1. The van der Waals surface area contributed by atoms with E-state index in [0.717, 1.165) is 24.8 Å². The molecule has 3 N–H and O–H groups in total. The first kappa shape index (κ1) is 18.5. The lowest BCUT2D eigenvalue weighted by Gasteiger charge is -2.16. The molecule has 0 aliphatic heterocycles. The van der Waals surface area contributed by atoms with Crippen LogP contribution in [0.15, 0.2) is 18.2 Å². The molecule has 1 aromatic carbocycles. The smallest absolute Gasteiger partial charge is 0.230 e. The maximum absolute atomic E-state index is 11.9. The molecular weight excluding hydrogens is 304 g/mol. The molecule has 0 radical (unpaired) electrons. The maximum atomic E-state index is 11.9. The summed E-state index contributed by atoms with van der Waals surface area (Å²) in [6, 6.07) is 4.31. The van der Waals surface area contributed by atoms with Gasteiger partial charge in [-0.25, -0.2) is 0 Å². The molecule has 0 heterocycles. The van der Waals surface area contributed by atoms with Crippen LogP contribution in [0, 0.1) is 6.92 Å². The molecule has 1 amide bonds. The summed E-state index contributed by atoms with van der Waals surface area (Å²) in [6.07, 6.45) is 2.91. The first-order valence-electron chi connectivity index (χ1n) is 7.54. The Kier molecular flexibility index (Phi) is 7.91. The minimum atomic E-state index is -1.21. The van der Waals surface area contributed by atoms with Crippen molar-refractivity contribution in [2.75, 3.05) is 11.9 Å². The molecule has 22 heavy (non-hydrogen) atoms. The second kappa shape index (κ2) is 9.43. The molecule has 0 aromatic heterocycles. The number of hydrogen-bond donors (Lipinski definition) is 2. The van der Waals surface area contributed by atoms with Crippen LogP contribution in [0.4, 0.5) is 5.69 Å². The van der Waals surface area contributed by atoms with E-state index in [9.17, 15) is 14.7 Å². The first-order valence-corrected chi connectivity index (χ1v) is 7.92. The average Bonchev–Trinajstić information content (AvgIpc) is 2.46. The van der Waals surface area contributed by atoms with E-state index in [-0.39, 0.29) is 12.3 Å². The highest BCUT2D eigenvalue weighted by molar-refractivity contribution is 6.31. The zero-order chi connectivity index (χ0) is 16.5. The van der Waals surface area contributed by atoms with Gasteiger partial charge in [-0.1, -0.05) is 31.0 Å². The molecule has 0 aliphatic rings. The predicted molar refractivity (Wildman–Crippen MR) is 84.5 cm³/mol. The van der Waals surface area contributed by atoms with Crippen molar-refractivity contribution in [1.29, 1.82) is 0 Å². The van der Waals surface area contributed by atoms with Gasteiger partial charge in [0.1, 0.15) is 6.04 Å². The van der Waals surface area contributed by atoms with Gasteiger partial charge in [-0.3, -0.25) is 4.79 Å². The van der Waals surface area contributed by atoms with Crippen LogP contribution in [0.2, 0.25) is 5.02 Å². The van der Waals surface area contributed by atoms with Crippen LogP contribution in [0.5, 0.6) is 0 Å². The summed E-state index contributed by atoms with van der Waals surface area (Å²) in [6.45, 7) is 4.62. The Bertz CT molecular complexity index is 520. The SMILES string of the molecule is CCCCC[NH2+][C@H](CC(=O)Nc1ccc(C)c(Cl)c1)C(=O)[O-]. The summed E-state index contributed by atoms with van der Waals surface area (Å²) >= 11 is 5.99. The van der Waals surface area contributed by atoms with E-state index in [0.29, 0.717) is 17.3 Å². The molecule has 0 bridgehead atoms. The number of carbonyl (C=O) groups excluding carboxylic acids is 2. The molecule has 1 rings (SSSR count). The Labute approximate surface area is 136 Å². The average molecular weight is 327 g/mol. The van der Waals surface area contributed by atoms with E-state index in [2.05, 4.69) is 12.2 Å². The maximum Gasteiger partial charge on any atom is 0.230 e. The van der Waals surface area contributed by atoms with E-state index >= 15 is 0 Å².